The van der Waals surface area contributed by atoms with Crippen LogP contribution in [-0.2, 0) is 16.2 Å². The van der Waals surface area contributed by atoms with Crippen LogP contribution in [0.5, 0.6) is 0 Å². The third kappa shape index (κ3) is 14.5. The number of benzene rings is 19. The molecule has 29 rings (SSSR count). The number of hydrogen-bond donors (Lipinski definition) is 0. The van der Waals surface area contributed by atoms with Crippen molar-refractivity contribution in [2.45, 2.75) is 16.2 Å². The Labute approximate surface area is 877 Å². The van der Waals surface area contributed by atoms with Gasteiger partial charge in [0.05, 0.1) is 39.0 Å². The van der Waals surface area contributed by atoms with Crippen molar-refractivity contribution in [3.05, 3.63) is 567 Å². The lowest BCUT2D eigenvalue weighted by molar-refractivity contribution is 0.769. The van der Waals surface area contributed by atoms with Gasteiger partial charge in [-0.25, -0.2) is 44.9 Å². The molecule has 0 saturated heterocycles. The SMILES string of the molecule is N#Cc1ccc(-c2csc3ccc4c(c23)-c2ccccc2C4(c2ccccc2)c2ccc(-c3nc(-c4ccccc4)nc(-c4ccccc4)n3)cc2)cc1.N#Cc1csc2ccc3c(c12)-c1ccccc1C3(c1ccccc1)c1ccc(-c2nc(-c3ccccc3)nc(-c3ccccc3)n2)cc1.N#Cc1csc2ccc3c(c12)-c1ccccc1C31c2ccccc2-c2ccc(-c3nc(-c4ccccc4)nc(-c4ccccc4)n3)cc21. The van der Waals surface area contributed by atoms with E-state index in [-0.39, 0.29) is 0 Å². The molecule has 19 aromatic carbocycles. The van der Waals surface area contributed by atoms with Crippen molar-refractivity contribution in [2.24, 2.45) is 0 Å². The van der Waals surface area contributed by atoms with Crippen molar-refractivity contribution in [1.82, 2.24) is 44.9 Å². The van der Waals surface area contributed by atoms with Crippen LogP contribution in [0, 0.1) is 34.0 Å². The minimum absolute atomic E-state index is 0.561. The lowest BCUT2D eigenvalue weighted by Crippen LogP contribution is -2.28. The fourth-order valence-corrected chi connectivity index (χ4v) is 26.1. The van der Waals surface area contributed by atoms with Crippen molar-refractivity contribution in [3.63, 3.8) is 0 Å². The quantitative estimate of drug-likeness (QED) is 0.100. The molecular formula is C135H80N12S3. The standard InChI is InChI=1S/C49H30N4S.C43H24N4S.C43H26N4S/c50-30-32-20-22-33(23-21-32)40-31-54-43-29-28-42-44(45(40)43)39-18-10-11-19-41(39)49(42,37-16-8-3-9-17-37)38-26-24-36(25-27-38)48-52-46(34-12-4-1-5-13-34)51-47(53-48)35-14-6-2-7-15-35;44-24-29-25-48-37-22-21-35-39(38(29)37)32-16-8-10-18-34(32)43(35)33-17-9-7-15-30(33)31-20-19-28(23-36(31)43)42-46-40(26-11-3-1-4-12-26)45-41(47-42)27-13-5-2-6-14-27;44-26-31-27-48-37-25-24-36-39(38(31)37)34-18-10-11-19-35(34)43(36,32-16-8-3-9-17-32)33-22-20-30(21-23-33)42-46-40(28-12-4-1-5-13-28)45-41(47-42)29-14-6-2-7-15-29/h1-29,31H;1-23,25H;1-25,27H. The third-order valence-corrected chi connectivity index (χ3v) is 32.6. The van der Waals surface area contributed by atoms with Crippen LogP contribution in [0.15, 0.2) is 483 Å². The molecule has 6 aromatic heterocycles. The van der Waals surface area contributed by atoms with Crippen molar-refractivity contribution in [2.75, 3.05) is 0 Å². The highest BCUT2D eigenvalue weighted by Crippen LogP contribution is 2.66. The Hall–Kier alpha value is -19.4. The Bertz CT molecular complexity index is 9610. The Morgan fingerprint density at radius 2 is 0.427 bits per heavy atom. The van der Waals surface area contributed by atoms with Crippen LogP contribution in [0.2, 0.25) is 0 Å². The summed E-state index contributed by atoms with van der Waals surface area (Å²) in [6.07, 6.45) is 0. The van der Waals surface area contributed by atoms with Crippen molar-refractivity contribution in [3.8, 4) is 176 Å². The molecule has 0 bridgehead atoms. The second-order valence-corrected chi connectivity index (χ2v) is 40.4. The first-order valence-corrected chi connectivity index (χ1v) is 52.3. The number of aromatic nitrogens is 9. The van der Waals surface area contributed by atoms with E-state index in [1.165, 1.54) is 110 Å². The molecule has 0 radical (unpaired) electrons. The van der Waals surface area contributed by atoms with Gasteiger partial charge in [-0.05, 0) is 159 Å². The molecule has 1 spiro atoms. The molecule has 12 nitrogen and oxygen atoms in total. The van der Waals surface area contributed by atoms with E-state index in [1.54, 1.807) is 34.0 Å². The van der Waals surface area contributed by atoms with E-state index < -0.39 is 16.2 Å². The van der Waals surface area contributed by atoms with Gasteiger partial charge < -0.3 is 0 Å². The number of fused-ring (bicyclic) bond motifs is 22. The molecule has 0 saturated carbocycles. The largest absolute Gasteiger partial charge is 0.208 e. The second-order valence-electron chi connectivity index (χ2n) is 37.6. The highest BCUT2D eigenvalue weighted by Gasteiger charge is 2.54. The maximum atomic E-state index is 10.2. The smallest absolute Gasteiger partial charge is 0.164 e. The average Bonchev–Trinajstić information content (AvgIpc) is 1.50. The van der Waals surface area contributed by atoms with E-state index in [2.05, 4.69) is 297 Å². The minimum Gasteiger partial charge on any atom is -0.208 e. The lowest BCUT2D eigenvalue weighted by atomic mass is 9.67. The van der Waals surface area contributed by atoms with Gasteiger partial charge >= 0.3 is 0 Å². The molecule has 3 unspecified atom stereocenters. The van der Waals surface area contributed by atoms with Gasteiger partial charge in [0.2, 0.25) is 0 Å². The summed E-state index contributed by atoms with van der Waals surface area (Å²) in [5.41, 5.74) is 35.1. The zero-order chi connectivity index (χ0) is 100.0. The van der Waals surface area contributed by atoms with Crippen molar-refractivity contribution < 1.29 is 0 Å². The van der Waals surface area contributed by atoms with Crippen LogP contribution in [0.4, 0.5) is 0 Å². The van der Waals surface area contributed by atoms with E-state index >= 15 is 0 Å². The van der Waals surface area contributed by atoms with Crippen LogP contribution in [0.1, 0.15) is 83.5 Å². The Morgan fingerprint density at radius 3 is 0.773 bits per heavy atom. The van der Waals surface area contributed by atoms with Crippen LogP contribution < -0.4 is 0 Å². The summed E-state index contributed by atoms with van der Waals surface area (Å²) in [4.78, 5) is 44.8. The predicted octanol–water partition coefficient (Wildman–Crippen LogP) is 32.6. The molecule has 698 valence electrons. The van der Waals surface area contributed by atoms with E-state index in [1.807, 2.05) is 205 Å². The van der Waals surface area contributed by atoms with Crippen LogP contribution in [0.25, 0.3) is 188 Å². The first-order valence-electron chi connectivity index (χ1n) is 49.7. The summed E-state index contributed by atoms with van der Waals surface area (Å²) in [5.74, 6) is 5.70. The summed E-state index contributed by atoms with van der Waals surface area (Å²) in [7, 11) is 0. The fourth-order valence-electron chi connectivity index (χ4n) is 23.3. The molecule has 0 amide bonds. The van der Waals surface area contributed by atoms with Gasteiger partial charge in [-0.1, -0.05) is 431 Å². The summed E-state index contributed by atoms with van der Waals surface area (Å²) < 4.78 is 3.49. The maximum Gasteiger partial charge on any atom is 0.164 e. The number of nitriles is 3. The molecule has 6 heterocycles. The second kappa shape index (κ2) is 37.0. The number of thiophene rings is 3. The molecule has 4 aliphatic rings. The number of rotatable bonds is 14. The topological polar surface area (TPSA) is 187 Å². The summed E-state index contributed by atoms with van der Waals surface area (Å²) >= 11 is 5.03. The molecule has 25 aromatic rings. The first-order chi connectivity index (χ1) is 74.2. The Morgan fingerprint density at radius 1 is 0.173 bits per heavy atom. The van der Waals surface area contributed by atoms with Gasteiger partial charge in [0.25, 0.3) is 0 Å². The van der Waals surface area contributed by atoms with Gasteiger partial charge in [-0.2, -0.15) is 15.8 Å². The Kier molecular flexibility index (Phi) is 22.1. The molecule has 4 aliphatic carbocycles. The van der Waals surface area contributed by atoms with E-state index in [0.717, 1.165) is 104 Å². The van der Waals surface area contributed by atoms with Gasteiger partial charge in [-0.3, -0.25) is 0 Å². The Balaban J connectivity index is 0.000000111. The highest BCUT2D eigenvalue weighted by molar-refractivity contribution is 7.18. The average molecular weight is 1970 g/mol. The summed E-state index contributed by atoms with van der Waals surface area (Å²) in [6.45, 7) is 0. The molecule has 0 aliphatic heterocycles. The van der Waals surface area contributed by atoms with Crippen LogP contribution in [-0.4, -0.2) is 44.9 Å². The van der Waals surface area contributed by atoms with E-state index in [9.17, 15) is 15.8 Å². The fraction of sp³-hybridized carbons (Fsp3) is 0.0222. The zero-order valence-electron chi connectivity index (χ0n) is 80.3. The normalized spacial score (nSPS) is 14.7. The van der Waals surface area contributed by atoms with Crippen molar-refractivity contribution >= 4 is 64.3 Å². The minimum atomic E-state index is -0.585. The lowest BCUT2D eigenvalue weighted by Gasteiger charge is -2.34. The number of hydrogen-bond acceptors (Lipinski definition) is 15. The highest BCUT2D eigenvalue weighted by atomic mass is 32.1. The molecule has 0 fully saturated rings. The summed E-state index contributed by atoms with van der Waals surface area (Å²) in [6, 6.07) is 170. The maximum absolute atomic E-state index is 10.2. The molecule has 0 N–H and O–H groups in total. The third-order valence-electron chi connectivity index (χ3n) is 29.8. The number of nitrogens with zero attached hydrogens (tertiary/aromatic N) is 12. The van der Waals surface area contributed by atoms with Crippen LogP contribution >= 0.6 is 34.0 Å². The molecule has 15 heteroatoms. The van der Waals surface area contributed by atoms with Gasteiger partial charge in [0.15, 0.2) is 52.4 Å². The summed E-state index contributed by atoms with van der Waals surface area (Å²) in [5, 5.41) is 39.4. The van der Waals surface area contributed by atoms with Gasteiger partial charge in [0, 0.05) is 96.7 Å². The van der Waals surface area contributed by atoms with Crippen LogP contribution in [0.3, 0.4) is 0 Å². The van der Waals surface area contributed by atoms with E-state index in [4.69, 9.17) is 44.9 Å². The van der Waals surface area contributed by atoms with E-state index in [0.29, 0.717) is 58.0 Å². The first kappa shape index (κ1) is 89.4. The molecular weight excluding hydrogens is 1890 g/mol. The molecule has 3 atom stereocenters. The predicted molar refractivity (Wildman–Crippen MR) is 605 cm³/mol. The van der Waals surface area contributed by atoms with Gasteiger partial charge in [-0.15, -0.1) is 34.0 Å². The monoisotopic (exact) mass is 1960 g/mol. The van der Waals surface area contributed by atoms with Gasteiger partial charge in [0.1, 0.15) is 12.1 Å². The zero-order valence-corrected chi connectivity index (χ0v) is 82.7. The molecule has 150 heavy (non-hydrogen) atoms. The van der Waals surface area contributed by atoms with Crippen molar-refractivity contribution in [1.29, 1.82) is 15.8 Å².